The van der Waals surface area contributed by atoms with Crippen molar-refractivity contribution in [1.29, 1.82) is 0 Å². The molecule has 1 saturated heterocycles. The van der Waals surface area contributed by atoms with Crippen molar-refractivity contribution in [3.63, 3.8) is 0 Å². The predicted molar refractivity (Wildman–Crippen MR) is 145 cm³/mol. The molecule has 4 aromatic rings. The van der Waals surface area contributed by atoms with Gasteiger partial charge in [0.1, 0.15) is 11.9 Å². The SMILES string of the molecule is COc1cc([C@@H]2c3cc4c(cc3[C@H](ONc3nc5ccc(F)cc5s3)[C@H]3COC(=O)[C@H]23)OCO4)cc(OC)c1OC. The van der Waals surface area contributed by atoms with Crippen molar-refractivity contribution >= 4 is 32.7 Å². The number of carbonyl (C=O) groups is 1. The molecule has 3 aromatic carbocycles. The lowest BCUT2D eigenvalue weighted by Crippen LogP contribution is -2.36. The summed E-state index contributed by atoms with van der Waals surface area (Å²) in [5.74, 6) is 0.519. The predicted octanol–water partition coefficient (Wildman–Crippen LogP) is 5.21. The number of ether oxygens (including phenoxy) is 6. The molecule has 10 nitrogen and oxygen atoms in total. The van der Waals surface area contributed by atoms with Gasteiger partial charge in [0, 0.05) is 11.8 Å². The second kappa shape index (κ2) is 9.96. The number of anilines is 1. The summed E-state index contributed by atoms with van der Waals surface area (Å²) in [6.07, 6.45) is -0.599. The second-order valence-electron chi connectivity index (χ2n) is 9.86. The third-order valence-corrected chi connectivity index (χ3v) is 8.70. The first-order chi connectivity index (χ1) is 20.0. The molecule has 1 fully saturated rings. The summed E-state index contributed by atoms with van der Waals surface area (Å²) in [5.41, 5.74) is 6.02. The standard InChI is InChI=1S/C29H25FN2O8S/c1-34-21-6-13(7-22(35-2)27(21)36-3)24-15-9-19-20(39-12-38-19)10-16(15)26(17-11-37-28(33)25(17)24)40-32-29-31-18-5-4-14(30)8-23(18)41-29/h4-10,17,24-26H,11-12H2,1-3H3,(H,31,32)/t17-,24+,25-,26-/m0/s1. The van der Waals surface area contributed by atoms with Crippen molar-refractivity contribution in [2.24, 2.45) is 11.8 Å². The minimum absolute atomic E-state index is 0.0913. The molecule has 1 N–H and O–H groups in total. The summed E-state index contributed by atoms with van der Waals surface area (Å²) in [4.78, 5) is 24.1. The Balaban J connectivity index is 1.34. The topological polar surface area (TPSA) is 107 Å². The molecule has 0 radical (unpaired) electrons. The molecule has 212 valence electrons. The van der Waals surface area contributed by atoms with E-state index in [0.717, 1.165) is 16.7 Å². The van der Waals surface area contributed by atoms with Gasteiger partial charge in [-0.25, -0.2) is 14.9 Å². The smallest absolute Gasteiger partial charge is 0.310 e. The summed E-state index contributed by atoms with van der Waals surface area (Å²) < 4.78 is 48.2. The average molecular weight is 581 g/mol. The molecule has 3 aliphatic rings. The number of halogens is 1. The number of benzene rings is 3. The van der Waals surface area contributed by atoms with Crippen molar-refractivity contribution in [2.75, 3.05) is 40.2 Å². The van der Waals surface area contributed by atoms with E-state index in [9.17, 15) is 9.18 Å². The van der Waals surface area contributed by atoms with Crippen molar-refractivity contribution in [3.05, 3.63) is 65.0 Å². The highest BCUT2D eigenvalue weighted by molar-refractivity contribution is 7.22. The Labute approximate surface area is 237 Å². The molecule has 0 saturated carbocycles. The van der Waals surface area contributed by atoms with E-state index in [2.05, 4.69) is 10.5 Å². The summed E-state index contributed by atoms with van der Waals surface area (Å²) in [5, 5.41) is 0.460. The molecular formula is C29H25FN2O8S. The highest BCUT2D eigenvalue weighted by Gasteiger charge is 2.53. The minimum atomic E-state index is -0.599. The van der Waals surface area contributed by atoms with Crippen LogP contribution in [0.25, 0.3) is 10.2 Å². The number of fused-ring (bicyclic) bond motifs is 4. The molecule has 12 heteroatoms. The Kier molecular flexibility index (Phi) is 6.24. The van der Waals surface area contributed by atoms with Crippen LogP contribution in [0.1, 0.15) is 28.7 Å². The van der Waals surface area contributed by atoms with Crippen LogP contribution in [-0.2, 0) is 14.4 Å². The molecule has 1 aromatic heterocycles. The number of methoxy groups -OCH3 is 3. The lowest BCUT2D eigenvalue weighted by atomic mass is 9.66. The van der Waals surface area contributed by atoms with E-state index >= 15 is 0 Å². The van der Waals surface area contributed by atoms with E-state index < -0.39 is 17.9 Å². The molecule has 0 bridgehead atoms. The van der Waals surface area contributed by atoms with Crippen LogP contribution in [0.3, 0.4) is 0 Å². The number of nitrogens with zero attached hydrogens (tertiary/aromatic N) is 1. The van der Waals surface area contributed by atoms with Gasteiger partial charge in [-0.05, 0) is 59.2 Å². The van der Waals surface area contributed by atoms with Gasteiger partial charge in [0.05, 0.1) is 44.1 Å². The van der Waals surface area contributed by atoms with E-state index in [4.69, 9.17) is 33.3 Å². The van der Waals surface area contributed by atoms with Crippen LogP contribution in [0, 0.1) is 17.7 Å². The molecule has 0 amide bonds. The molecular weight excluding hydrogens is 555 g/mol. The number of thiazole rings is 1. The monoisotopic (exact) mass is 580 g/mol. The fourth-order valence-electron chi connectivity index (χ4n) is 6.00. The molecule has 7 rings (SSSR count). The highest BCUT2D eigenvalue weighted by atomic mass is 32.1. The zero-order chi connectivity index (χ0) is 28.2. The van der Waals surface area contributed by atoms with Crippen LogP contribution < -0.4 is 29.2 Å². The first-order valence-corrected chi connectivity index (χ1v) is 13.7. The van der Waals surface area contributed by atoms with Gasteiger partial charge in [-0.15, -0.1) is 0 Å². The third kappa shape index (κ3) is 4.16. The van der Waals surface area contributed by atoms with Crippen molar-refractivity contribution < 1.29 is 42.4 Å². The van der Waals surface area contributed by atoms with Gasteiger partial charge in [-0.2, -0.15) is 0 Å². The van der Waals surface area contributed by atoms with E-state index in [1.807, 2.05) is 24.3 Å². The first-order valence-electron chi connectivity index (χ1n) is 12.9. The third-order valence-electron chi connectivity index (χ3n) is 7.79. The highest BCUT2D eigenvalue weighted by Crippen LogP contribution is 2.56. The van der Waals surface area contributed by atoms with E-state index in [1.54, 1.807) is 20.3 Å². The molecule has 3 heterocycles. The largest absolute Gasteiger partial charge is 0.493 e. The van der Waals surface area contributed by atoms with Crippen LogP contribution in [0.2, 0.25) is 0 Å². The van der Waals surface area contributed by atoms with Gasteiger partial charge in [-0.1, -0.05) is 11.3 Å². The maximum Gasteiger partial charge on any atom is 0.310 e. The molecule has 4 atom stereocenters. The number of hydrogen-bond donors (Lipinski definition) is 1. The Bertz CT molecular complexity index is 1650. The maximum absolute atomic E-state index is 13.7. The number of aromatic nitrogens is 1. The minimum Gasteiger partial charge on any atom is -0.493 e. The summed E-state index contributed by atoms with van der Waals surface area (Å²) in [7, 11) is 4.64. The lowest BCUT2D eigenvalue weighted by Gasteiger charge is -2.38. The zero-order valence-corrected chi connectivity index (χ0v) is 23.1. The molecule has 41 heavy (non-hydrogen) atoms. The Morgan fingerprint density at radius 2 is 1.68 bits per heavy atom. The molecule has 1 aliphatic carbocycles. The van der Waals surface area contributed by atoms with E-state index in [0.29, 0.717) is 44.1 Å². The molecule has 2 aliphatic heterocycles. The van der Waals surface area contributed by atoms with Crippen LogP contribution >= 0.6 is 11.3 Å². The van der Waals surface area contributed by atoms with Gasteiger partial charge >= 0.3 is 5.97 Å². The second-order valence-corrected chi connectivity index (χ2v) is 10.9. The maximum atomic E-state index is 13.7. The van der Waals surface area contributed by atoms with E-state index in [1.165, 1.54) is 30.6 Å². The number of nitrogens with one attached hydrogen (secondary N) is 1. The fraction of sp³-hybridized carbons (Fsp3) is 0.310. The molecule has 0 spiro atoms. The van der Waals surface area contributed by atoms with Crippen molar-refractivity contribution in [1.82, 2.24) is 4.98 Å². The summed E-state index contributed by atoms with van der Waals surface area (Å²) >= 11 is 1.27. The van der Waals surface area contributed by atoms with Gasteiger partial charge in [0.25, 0.3) is 0 Å². The first kappa shape index (κ1) is 25.7. The number of hydrogen-bond acceptors (Lipinski definition) is 11. The average Bonchev–Trinajstić information content (AvgIpc) is 3.71. The van der Waals surface area contributed by atoms with Gasteiger partial charge in [0.15, 0.2) is 23.0 Å². The normalized spacial score (nSPS) is 22.2. The zero-order valence-electron chi connectivity index (χ0n) is 22.3. The summed E-state index contributed by atoms with van der Waals surface area (Å²) in [6, 6.07) is 11.9. The van der Waals surface area contributed by atoms with Crippen molar-refractivity contribution in [3.8, 4) is 28.7 Å². The quantitative estimate of drug-likeness (QED) is 0.231. The lowest BCUT2D eigenvalue weighted by molar-refractivity contribution is -0.141. The Hall–Kier alpha value is -4.29. The van der Waals surface area contributed by atoms with Crippen LogP contribution in [-0.4, -0.2) is 45.7 Å². The number of carbonyl (C=O) groups excluding carboxylic acids is 1. The number of esters is 1. The summed E-state index contributed by atoms with van der Waals surface area (Å²) in [6.45, 7) is 0.254. The Morgan fingerprint density at radius 3 is 2.39 bits per heavy atom. The Morgan fingerprint density at radius 1 is 0.951 bits per heavy atom. The van der Waals surface area contributed by atoms with Crippen LogP contribution in [0.4, 0.5) is 9.52 Å². The van der Waals surface area contributed by atoms with Crippen molar-refractivity contribution in [2.45, 2.75) is 12.0 Å². The molecule has 0 unspecified atom stereocenters. The van der Waals surface area contributed by atoms with Gasteiger partial charge in [0.2, 0.25) is 17.7 Å². The number of rotatable bonds is 7. The van der Waals surface area contributed by atoms with Gasteiger partial charge < -0.3 is 28.4 Å². The van der Waals surface area contributed by atoms with Gasteiger partial charge in [-0.3, -0.25) is 9.63 Å². The van der Waals surface area contributed by atoms with E-state index in [-0.39, 0.29) is 31.1 Å². The van der Waals surface area contributed by atoms with Crippen LogP contribution in [0.15, 0.2) is 42.5 Å². The number of cyclic esters (lactones) is 1. The van der Waals surface area contributed by atoms with Crippen LogP contribution in [0.5, 0.6) is 28.7 Å². The fourth-order valence-corrected chi connectivity index (χ4v) is 6.83.